The van der Waals surface area contributed by atoms with Gasteiger partial charge in [-0.1, -0.05) is 0 Å². The summed E-state index contributed by atoms with van der Waals surface area (Å²) in [5.74, 6) is -0.731. The van der Waals surface area contributed by atoms with Crippen LogP contribution < -0.4 is 10.0 Å². The number of ether oxygens (including phenoxy) is 1. The van der Waals surface area contributed by atoms with Crippen LogP contribution in [0.1, 0.15) is 28.5 Å². The molecule has 0 spiro atoms. The number of hydrogen-bond acceptors (Lipinski definition) is 4. The highest BCUT2D eigenvalue weighted by atomic mass is 32.2. The summed E-state index contributed by atoms with van der Waals surface area (Å²) in [5.41, 5.74) is -1.33. The van der Waals surface area contributed by atoms with Crippen LogP contribution in [0.2, 0.25) is 0 Å². The Hall–Kier alpha value is -2.37. The van der Waals surface area contributed by atoms with Gasteiger partial charge in [-0.3, -0.25) is 4.79 Å². The third-order valence-electron chi connectivity index (χ3n) is 4.41. The number of benzene rings is 1. The number of hydrogen-bond donors (Lipinski definition) is 2. The number of rotatable bonds is 5. The molecule has 1 aliphatic heterocycles. The van der Waals surface area contributed by atoms with E-state index in [1.165, 1.54) is 36.9 Å². The molecule has 2 heterocycles. The smallest absolute Gasteiger partial charge is 0.377 e. The summed E-state index contributed by atoms with van der Waals surface area (Å²) in [5, 5.41) is 2.39. The summed E-state index contributed by atoms with van der Waals surface area (Å²) in [6.07, 6.45) is -3.29. The van der Waals surface area contributed by atoms with E-state index in [4.69, 9.17) is 4.74 Å². The van der Waals surface area contributed by atoms with E-state index in [0.717, 1.165) is 12.1 Å². The van der Waals surface area contributed by atoms with Gasteiger partial charge < -0.3 is 14.6 Å². The number of nitrogens with one attached hydrogen (secondary N) is 2. The Balaban J connectivity index is 1.83. The van der Waals surface area contributed by atoms with Gasteiger partial charge in [-0.2, -0.15) is 13.2 Å². The molecular weight excluding hydrogens is 411 g/mol. The van der Waals surface area contributed by atoms with Crippen LogP contribution >= 0.6 is 0 Å². The average molecular weight is 431 g/mol. The number of halogens is 3. The number of nitrogens with zero attached hydrogens (tertiary/aromatic N) is 1. The largest absolute Gasteiger partial charge is 0.416 e. The van der Waals surface area contributed by atoms with Gasteiger partial charge in [-0.05, 0) is 43.7 Å². The topological polar surface area (TPSA) is 89.4 Å². The van der Waals surface area contributed by atoms with Crippen molar-refractivity contribution in [1.29, 1.82) is 0 Å². The summed E-state index contributed by atoms with van der Waals surface area (Å²) < 4.78 is 72.9. The van der Waals surface area contributed by atoms with Crippen LogP contribution in [0.25, 0.3) is 0 Å². The second-order valence-corrected chi connectivity index (χ2v) is 9.05. The summed E-state index contributed by atoms with van der Waals surface area (Å²) in [6.45, 7) is 3.65. The van der Waals surface area contributed by atoms with E-state index in [1.54, 1.807) is 6.92 Å². The number of carbonyl (C=O) groups excluding carboxylic acids is 1. The van der Waals surface area contributed by atoms with Crippen LogP contribution in [0.15, 0.2) is 35.4 Å². The van der Waals surface area contributed by atoms with Gasteiger partial charge in [-0.25, -0.2) is 13.1 Å². The van der Waals surface area contributed by atoms with Crippen molar-refractivity contribution in [3.63, 3.8) is 0 Å². The van der Waals surface area contributed by atoms with Crippen LogP contribution in [0.3, 0.4) is 0 Å². The summed E-state index contributed by atoms with van der Waals surface area (Å²) in [4.78, 5) is 12.4. The molecule has 2 aromatic rings. The third-order valence-corrected chi connectivity index (χ3v) is 6.01. The molecule has 0 aliphatic carbocycles. The molecule has 0 bridgehead atoms. The Morgan fingerprint density at radius 3 is 2.41 bits per heavy atom. The van der Waals surface area contributed by atoms with Crippen molar-refractivity contribution in [3.8, 4) is 0 Å². The molecule has 7 nitrogen and oxygen atoms in total. The van der Waals surface area contributed by atoms with Gasteiger partial charge in [0.15, 0.2) is 0 Å². The monoisotopic (exact) mass is 431 g/mol. The molecule has 29 heavy (non-hydrogen) atoms. The Labute approximate surface area is 165 Å². The Morgan fingerprint density at radius 1 is 1.21 bits per heavy atom. The zero-order valence-corrected chi connectivity index (χ0v) is 16.7. The number of aromatic nitrogens is 1. The fraction of sp³-hybridized carbons (Fsp3) is 0.389. The predicted molar refractivity (Wildman–Crippen MR) is 99.1 cm³/mol. The first-order valence-corrected chi connectivity index (χ1v) is 10.1. The maximum Gasteiger partial charge on any atom is 0.416 e. The van der Waals surface area contributed by atoms with Crippen molar-refractivity contribution < 1.29 is 31.1 Å². The third kappa shape index (κ3) is 4.62. The molecule has 1 amide bonds. The normalized spacial score (nSPS) is 16.3. The zero-order chi connectivity index (χ0) is 21.6. The van der Waals surface area contributed by atoms with Crippen molar-refractivity contribution in [2.45, 2.75) is 30.5 Å². The van der Waals surface area contributed by atoms with Crippen LogP contribution in [0, 0.1) is 6.92 Å². The number of carbonyl (C=O) groups is 1. The second-order valence-electron chi connectivity index (χ2n) is 7.37. The molecule has 0 saturated carbocycles. The minimum atomic E-state index is -4.55. The minimum absolute atomic E-state index is 0.0181. The SMILES string of the molecule is Cc1cc(NC(=O)c2cc(S(=O)(=O)NC3(C)COC3)cn2C)cc(C(F)(F)F)c1. The van der Waals surface area contributed by atoms with Crippen LogP contribution in [-0.2, 0) is 28.0 Å². The number of aryl methyl sites for hydroxylation is 2. The lowest BCUT2D eigenvalue weighted by atomic mass is 10.0. The predicted octanol–water partition coefficient (Wildman–Crippen LogP) is 2.67. The van der Waals surface area contributed by atoms with E-state index in [9.17, 15) is 26.4 Å². The van der Waals surface area contributed by atoms with Crippen molar-refractivity contribution in [3.05, 3.63) is 47.3 Å². The van der Waals surface area contributed by atoms with Crippen molar-refractivity contribution in [2.75, 3.05) is 18.5 Å². The molecule has 1 aromatic heterocycles. The maximum atomic E-state index is 13.0. The van der Waals surface area contributed by atoms with Gasteiger partial charge in [-0.15, -0.1) is 0 Å². The van der Waals surface area contributed by atoms with E-state index >= 15 is 0 Å². The van der Waals surface area contributed by atoms with Gasteiger partial charge in [0.05, 0.1) is 24.3 Å². The van der Waals surface area contributed by atoms with Gasteiger partial charge >= 0.3 is 6.18 Å². The Bertz CT molecular complexity index is 1060. The van der Waals surface area contributed by atoms with Crippen molar-refractivity contribution in [1.82, 2.24) is 9.29 Å². The molecular formula is C18H20F3N3O4S. The van der Waals surface area contributed by atoms with Crippen molar-refractivity contribution >= 4 is 21.6 Å². The Morgan fingerprint density at radius 2 is 1.86 bits per heavy atom. The highest BCUT2D eigenvalue weighted by molar-refractivity contribution is 7.89. The summed E-state index contributed by atoms with van der Waals surface area (Å²) in [7, 11) is -2.43. The van der Waals surface area contributed by atoms with Gasteiger partial charge in [0.1, 0.15) is 10.6 Å². The lowest BCUT2D eigenvalue weighted by Crippen LogP contribution is -2.59. The van der Waals surface area contributed by atoms with Crippen LogP contribution in [0.4, 0.5) is 18.9 Å². The highest BCUT2D eigenvalue weighted by Crippen LogP contribution is 2.32. The standard InChI is InChI=1S/C18H20F3N3O4S/c1-11-4-12(18(19,20)21)6-13(5-11)22-16(25)15-7-14(8-24(15)3)29(26,27)23-17(2)9-28-10-17/h4-8,23H,9-10H2,1-3H3,(H,22,25). The second kappa shape index (κ2) is 7.15. The van der Waals surface area contributed by atoms with Crippen molar-refractivity contribution in [2.24, 2.45) is 7.05 Å². The summed E-state index contributed by atoms with van der Waals surface area (Å²) in [6, 6.07) is 4.36. The summed E-state index contributed by atoms with van der Waals surface area (Å²) >= 11 is 0. The number of amides is 1. The van der Waals surface area contributed by atoms with Gasteiger partial charge in [0.2, 0.25) is 10.0 Å². The molecule has 3 rings (SSSR count). The molecule has 2 N–H and O–H groups in total. The van der Waals surface area contributed by atoms with E-state index in [-0.39, 0.29) is 29.5 Å². The van der Waals surface area contributed by atoms with Crippen LogP contribution in [-0.4, -0.2) is 37.6 Å². The highest BCUT2D eigenvalue weighted by Gasteiger charge is 2.38. The van der Waals surface area contributed by atoms with E-state index in [2.05, 4.69) is 10.0 Å². The molecule has 0 atom stereocenters. The first kappa shape index (κ1) is 21.3. The maximum absolute atomic E-state index is 13.0. The molecule has 0 radical (unpaired) electrons. The lowest BCUT2D eigenvalue weighted by Gasteiger charge is -2.38. The zero-order valence-electron chi connectivity index (χ0n) is 15.9. The lowest BCUT2D eigenvalue weighted by molar-refractivity contribution is -0.137. The van der Waals surface area contributed by atoms with Gasteiger partial charge in [0, 0.05) is 18.9 Å². The number of sulfonamides is 1. The molecule has 11 heteroatoms. The first-order valence-electron chi connectivity index (χ1n) is 8.57. The van der Waals surface area contributed by atoms with E-state index in [0.29, 0.717) is 5.56 Å². The molecule has 1 fully saturated rings. The van der Waals surface area contributed by atoms with E-state index < -0.39 is 33.2 Å². The number of alkyl halides is 3. The molecule has 1 saturated heterocycles. The first-order chi connectivity index (χ1) is 13.3. The molecule has 0 unspecified atom stereocenters. The molecule has 158 valence electrons. The minimum Gasteiger partial charge on any atom is -0.377 e. The molecule has 1 aliphatic rings. The Kier molecular flexibility index (Phi) is 5.26. The van der Waals surface area contributed by atoms with E-state index in [1.807, 2.05) is 0 Å². The average Bonchev–Trinajstić information content (AvgIpc) is 2.94. The molecule has 1 aromatic carbocycles. The van der Waals surface area contributed by atoms with Crippen LogP contribution in [0.5, 0.6) is 0 Å². The fourth-order valence-electron chi connectivity index (χ4n) is 2.97. The quantitative estimate of drug-likeness (QED) is 0.762. The fourth-order valence-corrected chi connectivity index (χ4v) is 4.42. The number of anilines is 1. The van der Waals surface area contributed by atoms with Gasteiger partial charge in [0.25, 0.3) is 5.91 Å².